The molecule has 0 fully saturated rings. The minimum absolute atomic E-state index is 0.233. The molecule has 0 aliphatic heterocycles. The number of ether oxygens (including phenoxy) is 1. The molecule has 3 heteroatoms. The first-order chi connectivity index (χ1) is 11.7. The van der Waals surface area contributed by atoms with Gasteiger partial charge in [-0.15, -0.1) is 0 Å². The molecular weight excluding hydrogens is 298 g/mol. The summed E-state index contributed by atoms with van der Waals surface area (Å²) in [7, 11) is 0. The van der Waals surface area contributed by atoms with E-state index in [0.29, 0.717) is 6.61 Å². The van der Waals surface area contributed by atoms with Crippen LogP contribution in [0.25, 0.3) is 0 Å². The molecule has 0 saturated heterocycles. The maximum absolute atomic E-state index is 9.32. The average molecular weight is 317 g/mol. The number of aliphatic imine (C=N–C) groups is 1. The molecule has 3 aromatic carbocycles. The van der Waals surface area contributed by atoms with E-state index in [1.54, 1.807) is 30.5 Å². The fraction of sp³-hybridized carbons (Fsp3) is 0.0952. The maximum Gasteiger partial charge on any atom is 0.128 e. The van der Waals surface area contributed by atoms with Gasteiger partial charge in [0.25, 0.3) is 0 Å². The van der Waals surface area contributed by atoms with E-state index in [9.17, 15) is 5.11 Å². The van der Waals surface area contributed by atoms with Crippen molar-refractivity contribution >= 4 is 11.9 Å². The van der Waals surface area contributed by atoms with Gasteiger partial charge in [-0.2, -0.15) is 0 Å². The lowest BCUT2D eigenvalue weighted by Crippen LogP contribution is -1.98. The molecule has 3 rings (SSSR count). The van der Waals surface area contributed by atoms with E-state index in [4.69, 9.17) is 4.74 Å². The summed E-state index contributed by atoms with van der Waals surface area (Å²) >= 11 is 0. The maximum atomic E-state index is 9.32. The van der Waals surface area contributed by atoms with Gasteiger partial charge in [0.15, 0.2) is 0 Å². The Bertz CT molecular complexity index is 824. The quantitative estimate of drug-likeness (QED) is 0.671. The van der Waals surface area contributed by atoms with Crippen LogP contribution in [0.15, 0.2) is 77.8 Å². The van der Waals surface area contributed by atoms with Gasteiger partial charge in [-0.05, 0) is 54.4 Å². The number of phenols is 1. The molecule has 0 bridgehead atoms. The molecule has 120 valence electrons. The van der Waals surface area contributed by atoms with E-state index >= 15 is 0 Å². The van der Waals surface area contributed by atoms with Crippen LogP contribution in [0.2, 0.25) is 0 Å². The van der Waals surface area contributed by atoms with E-state index in [-0.39, 0.29) is 5.75 Å². The topological polar surface area (TPSA) is 41.8 Å². The van der Waals surface area contributed by atoms with Crippen LogP contribution >= 0.6 is 0 Å². The molecule has 3 nitrogen and oxygen atoms in total. The van der Waals surface area contributed by atoms with Gasteiger partial charge in [0.2, 0.25) is 0 Å². The molecule has 0 spiro atoms. The lowest BCUT2D eigenvalue weighted by Gasteiger charge is -2.10. The molecule has 24 heavy (non-hydrogen) atoms. The summed E-state index contributed by atoms with van der Waals surface area (Å²) in [5.74, 6) is 1.04. The first kappa shape index (κ1) is 15.8. The second kappa shape index (κ2) is 7.47. The lowest BCUT2D eigenvalue weighted by atomic mass is 10.1. The lowest BCUT2D eigenvalue weighted by molar-refractivity contribution is 0.305. The fourth-order valence-corrected chi connectivity index (χ4v) is 2.29. The van der Waals surface area contributed by atoms with Crippen molar-refractivity contribution in [3.63, 3.8) is 0 Å². The molecule has 3 aromatic rings. The molecule has 1 N–H and O–H groups in total. The van der Waals surface area contributed by atoms with Crippen molar-refractivity contribution in [1.29, 1.82) is 0 Å². The number of rotatable bonds is 5. The highest BCUT2D eigenvalue weighted by atomic mass is 16.5. The molecule has 0 radical (unpaired) electrons. The smallest absolute Gasteiger partial charge is 0.128 e. The van der Waals surface area contributed by atoms with E-state index < -0.39 is 0 Å². The van der Waals surface area contributed by atoms with E-state index in [1.807, 2.05) is 55.5 Å². The third-order valence-electron chi connectivity index (χ3n) is 3.61. The zero-order valence-electron chi connectivity index (χ0n) is 13.5. The summed E-state index contributed by atoms with van der Waals surface area (Å²) in [4.78, 5) is 4.45. The highest BCUT2D eigenvalue weighted by molar-refractivity contribution is 5.85. The standard InChI is InChI=1S/C21H19NO2/c1-16-7-8-18(14-22-19-9-11-20(23)12-10-19)21(13-16)24-15-17-5-3-2-4-6-17/h2-14,23H,15H2,1H3. The summed E-state index contributed by atoms with van der Waals surface area (Å²) < 4.78 is 5.98. The normalized spacial score (nSPS) is 10.9. The molecule has 0 aromatic heterocycles. The second-order valence-electron chi connectivity index (χ2n) is 5.59. The van der Waals surface area contributed by atoms with Gasteiger partial charge in [-0.1, -0.05) is 36.4 Å². The molecule has 0 aliphatic carbocycles. The Morgan fingerprint density at radius 1 is 0.958 bits per heavy atom. The summed E-state index contributed by atoms with van der Waals surface area (Å²) in [5, 5.41) is 9.32. The number of benzene rings is 3. The number of nitrogens with zero attached hydrogens (tertiary/aromatic N) is 1. The SMILES string of the molecule is Cc1ccc(C=Nc2ccc(O)cc2)c(OCc2ccccc2)c1. The predicted octanol–water partition coefficient (Wildman–Crippen LogP) is 5.03. The molecular formula is C21H19NO2. The number of aromatic hydroxyl groups is 1. The van der Waals surface area contributed by atoms with Gasteiger partial charge < -0.3 is 9.84 Å². The Hall–Kier alpha value is -3.07. The van der Waals surface area contributed by atoms with Gasteiger partial charge in [0.05, 0.1) is 5.69 Å². The molecule has 0 heterocycles. The Kier molecular flexibility index (Phi) is 4.92. The van der Waals surface area contributed by atoms with E-state index in [2.05, 4.69) is 4.99 Å². The Morgan fingerprint density at radius 2 is 1.71 bits per heavy atom. The molecule has 0 saturated carbocycles. The van der Waals surface area contributed by atoms with Crippen molar-refractivity contribution in [2.75, 3.05) is 0 Å². The third kappa shape index (κ3) is 4.23. The van der Waals surface area contributed by atoms with Crippen LogP contribution in [0, 0.1) is 6.92 Å². The average Bonchev–Trinajstić information content (AvgIpc) is 2.61. The monoisotopic (exact) mass is 317 g/mol. The minimum Gasteiger partial charge on any atom is -0.508 e. The number of aryl methyl sites for hydroxylation is 1. The van der Waals surface area contributed by atoms with Gasteiger partial charge in [0.1, 0.15) is 18.1 Å². The van der Waals surface area contributed by atoms with Crippen molar-refractivity contribution in [3.8, 4) is 11.5 Å². The van der Waals surface area contributed by atoms with Crippen molar-refractivity contribution in [2.45, 2.75) is 13.5 Å². The van der Waals surface area contributed by atoms with E-state index in [0.717, 1.165) is 28.1 Å². The highest BCUT2D eigenvalue weighted by Crippen LogP contribution is 2.22. The zero-order valence-corrected chi connectivity index (χ0v) is 13.5. The van der Waals surface area contributed by atoms with Gasteiger partial charge in [-0.3, -0.25) is 4.99 Å². The Labute approximate surface area is 141 Å². The molecule has 0 amide bonds. The van der Waals surface area contributed by atoms with Crippen molar-refractivity contribution < 1.29 is 9.84 Å². The van der Waals surface area contributed by atoms with Crippen LogP contribution in [0.1, 0.15) is 16.7 Å². The first-order valence-electron chi connectivity index (χ1n) is 7.81. The zero-order chi connectivity index (χ0) is 16.8. The Balaban J connectivity index is 1.78. The highest BCUT2D eigenvalue weighted by Gasteiger charge is 2.03. The summed E-state index contributed by atoms with van der Waals surface area (Å²) in [6.07, 6.45) is 1.78. The van der Waals surface area contributed by atoms with Gasteiger partial charge in [0, 0.05) is 11.8 Å². The Morgan fingerprint density at radius 3 is 2.46 bits per heavy atom. The fourth-order valence-electron chi connectivity index (χ4n) is 2.29. The summed E-state index contributed by atoms with van der Waals surface area (Å²) in [6, 6.07) is 22.9. The number of phenolic OH excluding ortho intramolecular Hbond substituents is 1. The summed E-state index contributed by atoms with van der Waals surface area (Å²) in [5.41, 5.74) is 3.97. The largest absolute Gasteiger partial charge is 0.508 e. The summed E-state index contributed by atoms with van der Waals surface area (Å²) in [6.45, 7) is 2.56. The predicted molar refractivity (Wildman–Crippen MR) is 97.3 cm³/mol. The van der Waals surface area contributed by atoms with E-state index in [1.165, 1.54) is 0 Å². The van der Waals surface area contributed by atoms with Gasteiger partial charge in [-0.25, -0.2) is 0 Å². The van der Waals surface area contributed by atoms with Gasteiger partial charge >= 0.3 is 0 Å². The van der Waals surface area contributed by atoms with Crippen LogP contribution in [-0.4, -0.2) is 11.3 Å². The number of hydrogen-bond donors (Lipinski definition) is 1. The molecule has 0 atom stereocenters. The van der Waals surface area contributed by atoms with Crippen LogP contribution in [0.4, 0.5) is 5.69 Å². The second-order valence-corrected chi connectivity index (χ2v) is 5.59. The van der Waals surface area contributed by atoms with Crippen LogP contribution in [0.3, 0.4) is 0 Å². The molecule has 0 unspecified atom stereocenters. The first-order valence-corrected chi connectivity index (χ1v) is 7.81. The minimum atomic E-state index is 0.233. The third-order valence-corrected chi connectivity index (χ3v) is 3.61. The van der Waals surface area contributed by atoms with Crippen LogP contribution in [0.5, 0.6) is 11.5 Å². The molecule has 0 aliphatic rings. The van der Waals surface area contributed by atoms with Crippen molar-refractivity contribution in [1.82, 2.24) is 0 Å². The van der Waals surface area contributed by atoms with Crippen molar-refractivity contribution in [2.24, 2.45) is 4.99 Å². The van der Waals surface area contributed by atoms with Crippen LogP contribution < -0.4 is 4.74 Å². The van der Waals surface area contributed by atoms with Crippen LogP contribution in [-0.2, 0) is 6.61 Å². The van der Waals surface area contributed by atoms with Crippen molar-refractivity contribution in [3.05, 3.63) is 89.5 Å². The number of hydrogen-bond acceptors (Lipinski definition) is 3.